The van der Waals surface area contributed by atoms with E-state index in [9.17, 15) is 4.79 Å². The second-order valence-corrected chi connectivity index (χ2v) is 4.92. The highest BCUT2D eigenvalue weighted by Crippen LogP contribution is 2.36. The monoisotopic (exact) mass is 247 g/mol. The number of carbonyl (C=O) groups is 1. The predicted molar refractivity (Wildman–Crippen MR) is 68.2 cm³/mol. The van der Waals surface area contributed by atoms with E-state index in [0.29, 0.717) is 31.5 Å². The lowest BCUT2D eigenvalue weighted by atomic mass is 9.93. The molecule has 1 heterocycles. The van der Waals surface area contributed by atoms with Gasteiger partial charge in [0.2, 0.25) is 6.79 Å². The minimum absolute atomic E-state index is 0.306. The number of anilines is 1. The minimum Gasteiger partial charge on any atom is -0.454 e. The normalized spacial score (nSPS) is 19.1. The Morgan fingerprint density at radius 2 is 1.89 bits per heavy atom. The van der Waals surface area contributed by atoms with Crippen LogP contribution in [0.4, 0.5) is 5.69 Å². The third-order valence-electron chi connectivity index (χ3n) is 3.82. The summed E-state index contributed by atoms with van der Waals surface area (Å²) in [6, 6.07) is 6.45. The zero-order chi connectivity index (χ0) is 12.5. The zero-order valence-electron chi connectivity index (χ0n) is 10.5. The fourth-order valence-electron chi connectivity index (χ4n) is 2.63. The van der Waals surface area contributed by atoms with E-state index < -0.39 is 0 Å². The number of ketones is 1. The number of nitrogens with zero attached hydrogens (tertiary/aromatic N) is 1. The van der Waals surface area contributed by atoms with Crippen LogP contribution in [0.1, 0.15) is 25.7 Å². The summed E-state index contributed by atoms with van der Waals surface area (Å²) in [7, 11) is 2.08. The fourth-order valence-corrected chi connectivity index (χ4v) is 2.63. The SMILES string of the molecule is CN(c1ccc2c(c1)OCO2)C1CCC(=O)CC1. The number of fused-ring (bicyclic) bond motifs is 1. The van der Waals surface area contributed by atoms with Crippen LogP contribution in [0.25, 0.3) is 0 Å². The van der Waals surface area contributed by atoms with Crippen molar-refractivity contribution in [2.75, 3.05) is 18.7 Å². The summed E-state index contributed by atoms with van der Waals surface area (Å²) in [5, 5.41) is 0. The summed E-state index contributed by atoms with van der Waals surface area (Å²) < 4.78 is 10.7. The molecular weight excluding hydrogens is 230 g/mol. The third kappa shape index (κ3) is 2.03. The van der Waals surface area contributed by atoms with Gasteiger partial charge < -0.3 is 14.4 Å². The molecule has 0 saturated heterocycles. The van der Waals surface area contributed by atoms with Crippen LogP contribution < -0.4 is 14.4 Å². The Bertz CT molecular complexity index is 462. The Kier molecular flexibility index (Phi) is 2.86. The van der Waals surface area contributed by atoms with Crippen LogP contribution in [0.2, 0.25) is 0 Å². The number of ether oxygens (including phenoxy) is 2. The Labute approximate surface area is 106 Å². The van der Waals surface area contributed by atoms with Crippen LogP contribution in [0.5, 0.6) is 11.5 Å². The maximum atomic E-state index is 11.3. The first-order valence-corrected chi connectivity index (χ1v) is 6.38. The van der Waals surface area contributed by atoms with Crippen molar-refractivity contribution in [3.63, 3.8) is 0 Å². The van der Waals surface area contributed by atoms with Gasteiger partial charge in [0.25, 0.3) is 0 Å². The molecule has 2 aliphatic rings. The van der Waals surface area contributed by atoms with Gasteiger partial charge in [-0.15, -0.1) is 0 Å². The van der Waals surface area contributed by atoms with Crippen LogP contribution in [-0.4, -0.2) is 25.7 Å². The van der Waals surface area contributed by atoms with Crippen molar-refractivity contribution in [2.45, 2.75) is 31.7 Å². The zero-order valence-corrected chi connectivity index (χ0v) is 10.5. The molecule has 1 saturated carbocycles. The standard InChI is InChI=1S/C14H17NO3/c1-15(10-2-5-12(16)6-3-10)11-4-7-13-14(8-11)18-9-17-13/h4,7-8,10H,2-3,5-6,9H2,1H3. The maximum absolute atomic E-state index is 11.3. The molecule has 1 fully saturated rings. The van der Waals surface area contributed by atoms with Gasteiger partial charge in [0.05, 0.1) is 0 Å². The number of rotatable bonds is 2. The molecule has 0 unspecified atom stereocenters. The molecule has 3 rings (SSSR count). The van der Waals surface area contributed by atoms with Crippen molar-refractivity contribution >= 4 is 11.5 Å². The molecule has 4 nitrogen and oxygen atoms in total. The minimum atomic E-state index is 0.306. The van der Waals surface area contributed by atoms with Gasteiger partial charge in [-0.05, 0) is 25.0 Å². The van der Waals surface area contributed by atoms with Gasteiger partial charge in [0, 0.05) is 37.7 Å². The molecule has 0 spiro atoms. The van der Waals surface area contributed by atoms with Gasteiger partial charge in [-0.1, -0.05) is 0 Å². The van der Waals surface area contributed by atoms with E-state index in [4.69, 9.17) is 9.47 Å². The van der Waals surface area contributed by atoms with E-state index in [1.54, 1.807) is 0 Å². The quantitative estimate of drug-likeness (QED) is 0.804. The molecular formula is C14H17NO3. The first kappa shape index (κ1) is 11.4. The molecule has 1 aromatic rings. The third-order valence-corrected chi connectivity index (χ3v) is 3.82. The molecule has 0 aromatic heterocycles. The number of benzene rings is 1. The second kappa shape index (κ2) is 4.52. The van der Waals surface area contributed by atoms with Gasteiger partial charge in [-0.2, -0.15) is 0 Å². The van der Waals surface area contributed by atoms with Gasteiger partial charge >= 0.3 is 0 Å². The van der Waals surface area contributed by atoms with Crippen molar-refractivity contribution in [1.82, 2.24) is 0 Å². The molecule has 0 radical (unpaired) electrons. The Morgan fingerprint density at radius 1 is 1.17 bits per heavy atom. The van der Waals surface area contributed by atoms with E-state index in [0.717, 1.165) is 30.0 Å². The highest BCUT2D eigenvalue weighted by molar-refractivity contribution is 5.79. The maximum Gasteiger partial charge on any atom is 0.231 e. The van der Waals surface area contributed by atoms with E-state index >= 15 is 0 Å². The lowest BCUT2D eigenvalue weighted by molar-refractivity contribution is -0.120. The van der Waals surface area contributed by atoms with E-state index in [1.165, 1.54) is 0 Å². The molecule has 1 aliphatic heterocycles. The number of hydrogen-bond acceptors (Lipinski definition) is 4. The van der Waals surface area contributed by atoms with Crippen molar-refractivity contribution in [3.8, 4) is 11.5 Å². The molecule has 1 aliphatic carbocycles. The first-order valence-electron chi connectivity index (χ1n) is 6.38. The predicted octanol–water partition coefficient (Wildman–Crippen LogP) is 2.36. The second-order valence-electron chi connectivity index (χ2n) is 4.92. The molecule has 0 atom stereocenters. The molecule has 0 N–H and O–H groups in total. The van der Waals surface area contributed by atoms with Crippen LogP contribution >= 0.6 is 0 Å². The van der Waals surface area contributed by atoms with Crippen LogP contribution in [-0.2, 0) is 4.79 Å². The topological polar surface area (TPSA) is 38.8 Å². The first-order chi connectivity index (χ1) is 8.74. The Balaban J connectivity index is 1.75. The van der Waals surface area contributed by atoms with Gasteiger partial charge in [0.15, 0.2) is 11.5 Å². The summed E-state index contributed by atoms with van der Waals surface area (Å²) in [6.45, 7) is 0.306. The van der Waals surface area contributed by atoms with Crippen molar-refractivity contribution in [3.05, 3.63) is 18.2 Å². The average Bonchev–Trinajstić information content (AvgIpc) is 2.86. The molecule has 18 heavy (non-hydrogen) atoms. The smallest absolute Gasteiger partial charge is 0.231 e. The van der Waals surface area contributed by atoms with Crippen molar-refractivity contribution < 1.29 is 14.3 Å². The van der Waals surface area contributed by atoms with Crippen molar-refractivity contribution in [2.24, 2.45) is 0 Å². The van der Waals surface area contributed by atoms with Crippen LogP contribution in [0.3, 0.4) is 0 Å². The molecule has 0 amide bonds. The lowest BCUT2D eigenvalue weighted by Crippen LogP contribution is -2.35. The largest absolute Gasteiger partial charge is 0.454 e. The summed E-state index contributed by atoms with van der Waals surface area (Å²) in [5.41, 5.74) is 1.12. The highest BCUT2D eigenvalue weighted by atomic mass is 16.7. The van der Waals surface area contributed by atoms with Gasteiger partial charge in [0.1, 0.15) is 5.78 Å². The Hall–Kier alpha value is -1.71. The number of Topliss-reactive ketones (excluding diaryl/α,β-unsaturated/α-hetero) is 1. The lowest BCUT2D eigenvalue weighted by Gasteiger charge is -2.32. The fraction of sp³-hybridized carbons (Fsp3) is 0.500. The molecule has 1 aromatic carbocycles. The highest BCUT2D eigenvalue weighted by Gasteiger charge is 2.23. The molecule has 4 heteroatoms. The number of carbonyl (C=O) groups excluding carboxylic acids is 1. The molecule has 96 valence electrons. The average molecular weight is 247 g/mol. The summed E-state index contributed by atoms with van der Waals surface area (Å²) in [4.78, 5) is 13.5. The summed E-state index contributed by atoms with van der Waals surface area (Å²) >= 11 is 0. The Morgan fingerprint density at radius 3 is 2.67 bits per heavy atom. The number of hydrogen-bond donors (Lipinski definition) is 0. The van der Waals surface area contributed by atoms with Crippen LogP contribution in [0, 0.1) is 0 Å². The van der Waals surface area contributed by atoms with Gasteiger partial charge in [-0.25, -0.2) is 0 Å². The van der Waals surface area contributed by atoms with Gasteiger partial charge in [-0.3, -0.25) is 4.79 Å². The molecule has 0 bridgehead atoms. The van der Waals surface area contributed by atoms with Crippen molar-refractivity contribution in [1.29, 1.82) is 0 Å². The summed E-state index contributed by atoms with van der Waals surface area (Å²) in [6.07, 6.45) is 3.31. The summed E-state index contributed by atoms with van der Waals surface area (Å²) in [5.74, 6) is 2.02. The van der Waals surface area contributed by atoms with E-state index in [2.05, 4.69) is 11.9 Å². The van der Waals surface area contributed by atoms with E-state index in [-0.39, 0.29) is 0 Å². The van der Waals surface area contributed by atoms with Crippen LogP contribution in [0.15, 0.2) is 18.2 Å². The van der Waals surface area contributed by atoms with E-state index in [1.807, 2.05) is 18.2 Å².